The lowest BCUT2D eigenvalue weighted by molar-refractivity contribution is 0.0489. The number of nitrogens with one attached hydrogen (secondary N) is 2. The number of amides is 1. The fourth-order valence-electron chi connectivity index (χ4n) is 1.72. The van der Waals surface area contributed by atoms with Gasteiger partial charge in [0.25, 0.3) is 0 Å². The van der Waals surface area contributed by atoms with Gasteiger partial charge in [0.15, 0.2) is 0 Å². The molecule has 0 aliphatic heterocycles. The predicted octanol–water partition coefficient (Wildman–Crippen LogP) is 3.09. The van der Waals surface area contributed by atoms with Crippen LogP contribution in [-0.2, 0) is 4.74 Å². The molecule has 1 amide bonds. The van der Waals surface area contributed by atoms with E-state index in [2.05, 4.69) is 10.9 Å². The fraction of sp³-hybridized carbons (Fsp3) is 0.533. The zero-order valence-corrected chi connectivity index (χ0v) is 13.0. The third-order valence-corrected chi connectivity index (χ3v) is 2.65. The topological polar surface area (TPSA) is 59.6 Å². The van der Waals surface area contributed by atoms with E-state index in [1.165, 1.54) is 0 Å². The highest BCUT2D eigenvalue weighted by molar-refractivity contribution is 5.67. The Labute approximate surface area is 120 Å². The molecule has 0 radical (unpaired) electrons. The van der Waals surface area contributed by atoms with Crippen LogP contribution in [0.15, 0.2) is 18.2 Å². The third-order valence-electron chi connectivity index (χ3n) is 2.65. The van der Waals surface area contributed by atoms with Gasteiger partial charge in [0, 0.05) is 5.56 Å². The van der Waals surface area contributed by atoms with Crippen molar-refractivity contribution in [1.29, 1.82) is 0 Å². The van der Waals surface area contributed by atoms with Gasteiger partial charge in [-0.3, -0.25) is 5.43 Å². The first-order chi connectivity index (χ1) is 9.23. The zero-order chi connectivity index (χ0) is 15.3. The van der Waals surface area contributed by atoms with E-state index in [0.29, 0.717) is 0 Å². The summed E-state index contributed by atoms with van der Waals surface area (Å²) < 4.78 is 10.5. The normalized spacial score (nSPS) is 12.7. The number of rotatable bonds is 4. The van der Waals surface area contributed by atoms with E-state index >= 15 is 0 Å². The molecule has 0 saturated carbocycles. The molecular weight excluding hydrogens is 256 g/mol. The molecule has 0 fully saturated rings. The fourth-order valence-corrected chi connectivity index (χ4v) is 1.72. The largest absolute Gasteiger partial charge is 0.496 e. The lowest BCUT2D eigenvalue weighted by atomic mass is 10.1. The number of hydrogen-bond donors (Lipinski definition) is 2. The lowest BCUT2D eigenvalue weighted by Crippen LogP contribution is -2.42. The maximum atomic E-state index is 11.6. The number of carbonyl (C=O) groups excluding carboxylic acids is 1. The Morgan fingerprint density at radius 3 is 2.50 bits per heavy atom. The molecule has 1 aromatic carbocycles. The first kappa shape index (κ1) is 16.3. The number of aryl methyl sites for hydroxylation is 1. The number of benzene rings is 1. The summed E-state index contributed by atoms with van der Waals surface area (Å²) in [4.78, 5) is 11.6. The van der Waals surface area contributed by atoms with Gasteiger partial charge < -0.3 is 9.47 Å². The zero-order valence-electron chi connectivity index (χ0n) is 13.0. The Morgan fingerprint density at radius 2 is 1.95 bits per heavy atom. The average Bonchev–Trinajstić information content (AvgIpc) is 2.33. The summed E-state index contributed by atoms with van der Waals surface area (Å²) in [5, 5.41) is 0. The molecule has 2 N–H and O–H groups in total. The van der Waals surface area contributed by atoms with Crippen molar-refractivity contribution in [2.75, 3.05) is 7.11 Å². The summed E-state index contributed by atoms with van der Waals surface area (Å²) in [5.41, 5.74) is 7.02. The minimum Gasteiger partial charge on any atom is -0.496 e. The van der Waals surface area contributed by atoms with Gasteiger partial charge in [-0.1, -0.05) is 12.1 Å². The van der Waals surface area contributed by atoms with E-state index in [1.54, 1.807) is 7.11 Å². The molecule has 1 rings (SSSR count). The summed E-state index contributed by atoms with van der Waals surface area (Å²) in [6.45, 7) is 9.39. The molecule has 1 aromatic rings. The number of hydrogen-bond acceptors (Lipinski definition) is 4. The summed E-state index contributed by atoms with van der Waals surface area (Å²) in [7, 11) is 1.63. The highest BCUT2D eigenvalue weighted by atomic mass is 16.6. The van der Waals surface area contributed by atoms with Gasteiger partial charge in [0.1, 0.15) is 11.4 Å². The second-order valence-electron chi connectivity index (χ2n) is 5.74. The number of carbonyl (C=O) groups is 1. The molecule has 5 heteroatoms. The van der Waals surface area contributed by atoms with Crippen LogP contribution >= 0.6 is 0 Å². The minimum absolute atomic E-state index is 0.0990. The number of ether oxygens (including phenoxy) is 2. The molecule has 1 unspecified atom stereocenters. The Hall–Kier alpha value is -1.75. The van der Waals surface area contributed by atoms with Crippen molar-refractivity contribution in [1.82, 2.24) is 10.9 Å². The molecule has 5 nitrogen and oxygen atoms in total. The van der Waals surface area contributed by atoms with E-state index < -0.39 is 11.7 Å². The Bertz CT molecular complexity index is 467. The minimum atomic E-state index is -0.517. The Balaban J connectivity index is 2.63. The Kier molecular flexibility index (Phi) is 5.39. The number of methoxy groups -OCH3 is 1. The maximum Gasteiger partial charge on any atom is 0.422 e. The first-order valence-electron chi connectivity index (χ1n) is 6.62. The summed E-state index contributed by atoms with van der Waals surface area (Å²) >= 11 is 0. The van der Waals surface area contributed by atoms with Crippen LogP contribution in [0.5, 0.6) is 5.75 Å². The SMILES string of the molecule is COc1cc(C)ccc1C(C)NNC(=O)OC(C)(C)C. The quantitative estimate of drug-likeness (QED) is 0.832. The van der Waals surface area contributed by atoms with Crippen molar-refractivity contribution >= 4 is 6.09 Å². The highest BCUT2D eigenvalue weighted by Gasteiger charge is 2.17. The van der Waals surface area contributed by atoms with Crippen LogP contribution in [0.25, 0.3) is 0 Å². The van der Waals surface area contributed by atoms with Gasteiger partial charge in [-0.25, -0.2) is 10.2 Å². The van der Waals surface area contributed by atoms with E-state index in [1.807, 2.05) is 52.8 Å². The van der Waals surface area contributed by atoms with E-state index in [-0.39, 0.29) is 6.04 Å². The second-order valence-corrected chi connectivity index (χ2v) is 5.74. The maximum absolute atomic E-state index is 11.6. The van der Waals surface area contributed by atoms with Crippen molar-refractivity contribution in [3.63, 3.8) is 0 Å². The van der Waals surface area contributed by atoms with Crippen molar-refractivity contribution < 1.29 is 14.3 Å². The van der Waals surface area contributed by atoms with E-state index in [9.17, 15) is 4.79 Å². The molecular formula is C15H24N2O3. The van der Waals surface area contributed by atoms with Gasteiger partial charge in [-0.2, -0.15) is 0 Å². The standard InChI is InChI=1S/C15H24N2O3/c1-10-7-8-12(13(9-10)19-6)11(2)16-17-14(18)20-15(3,4)5/h7-9,11,16H,1-6H3,(H,17,18). The monoisotopic (exact) mass is 280 g/mol. The molecule has 0 spiro atoms. The highest BCUT2D eigenvalue weighted by Crippen LogP contribution is 2.25. The molecule has 0 aromatic heterocycles. The smallest absolute Gasteiger partial charge is 0.422 e. The van der Waals surface area contributed by atoms with Crippen LogP contribution in [0, 0.1) is 6.92 Å². The summed E-state index contributed by atoms with van der Waals surface area (Å²) in [5.74, 6) is 0.788. The molecule has 0 aliphatic carbocycles. The van der Waals surface area contributed by atoms with E-state index in [4.69, 9.17) is 9.47 Å². The number of hydrazine groups is 1. The van der Waals surface area contributed by atoms with Gasteiger partial charge in [0.05, 0.1) is 13.2 Å². The van der Waals surface area contributed by atoms with Crippen LogP contribution < -0.4 is 15.6 Å². The molecule has 20 heavy (non-hydrogen) atoms. The summed E-state index contributed by atoms with van der Waals surface area (Å²) in [6.07, 6.45) is -0.504. The predicted molar refractivity (Wildman–Crippen MR) is 78.7 cm³/mol. The van der Waals surface area contributed by atoms with Crippen molar-refractivity contribution in [3.8, 4) is 5.75 Å². The van der Waals surface area contributed by atoms with Crippen LogP contribution in [-0.4, -0.2) is 18.8 Å². The summed E-state index contributed by atoms with van der Waals surface area (Å²) in [6, 6.07) is 5.84. The molecule has 1 atom stereocenters. The van der Waals surface area contributed by atoms with Gasteiger partial charge in [0.2, 0.25) is 0 Å². The van der Waals surface area contributed by atoms with Crippen molar-refractivity contribution in [3.05, 3.63) is 29.3 Å². The second kappa shape index (κ2) is 6.61. The van der Waals surface area contributed by atoms with Gasteiger partial charge in [-0.05, 0) is 46.2 Å². The lowest BCUT2D eigenvalue weighted by Gasteiger charge is -2.22. The van der Waals surface area contributed by atoms with Crippen molar-refractivity contribution in [2.24, 2.45) is 0 Å². The third kappa shape index (κ3) is 5.09. The molecule has 0 aliphatic rings. The van der Waals surface area contributed by atoms with Gasteiger partial charge in [-0.15, -0.1) is 0 Å². The van der Waals surface area contributed by atoms with Crippen LogP contribution in [0.4, 0.5) is 4.79 Å². The van der Waals surface area contributed by atoms with Crippen LogP contribution in [0.3, 0.4) is 0 Å². The van der Waals surface area contributed by atoms with Crippen LogP contribution in [0.1, 0.15) is 44.9 Å². The molecule has 0 bridgehead atoms. The first-order valence-corrected chi connectivity index (χ1v) is 6.62. The van der Waals surface area contributed by atoms with E-state index in [0.717, 1.165) is 16.9 Å². The molecule has 0 saturated heterocycles. The Morgan fingerprint density at radius 1 is 1.30 bits per heavy atom. The molecule has 112 valence electrons. The van der Waals surface area contributed by atoms with Crippen LogP contribution in [0.2, 0.25) is 0 Å². The molecule has 0 heterocycles. The van der Waals surface area contributed by atoms with Gasteiger partial charge >= 0.3 is 6.09 Å². The van der Waals surface area contributed by atoms with Crippen molar-refractivity contribution in [2.45, 2.75) is 46.3 Å². The average molecular weight is 280 g/mol.